The van der Waals surface area contributed by atoms with Crippen molar-refractivity contribution in [3.8, 4) is 5.75 Å². The van der Waals surface area contributed by atoms with Crippen LogP contribution in [0.3, 0.4) is 0 Å². The molecule has 7 rings (SSSR count). The van der Waals surface area contributed by atoms with Crippen molar-refractivity contribution < 1.29 is 41.9 Å². The Kier molecular flexibility index (Phi) is 18.1. The van der Waals surface area contributed by atoms with Gasteiger partial charge in [-0.1, -0.05) is 35.9 Å². The number of guanidine groups is 1. The lowest BCUT2D eigenvalue weighted by Crippen LogP contribution is -2.67. The van der Waals surface area contributed by atoms with Gasteiger partial charge >= 0.3 is 0 Å². The number of nitrogens with one attached hydrogen (secondary N) is 5. The number of aliphatic imine (C=N–C) groups is 1. The second-order valence-electron chi connectivity index (χ2n) is 21.2. The largest absolute Gasteiger partial charge is 0.487 e. The molecule has 1 saturated carbocycles. The lowest BCUT2D eigenvalue weighted by Gasteiger charge is -2.43. The molecule has 2 aromatic carbocycles. The van der Waals surface area contributed by atoms with Crippen LogP contribution in [0.2, 0.25) is 5.02 Å². The molecule has 0 bridgehead atoms. The topological polar surface area (TPSA) is 277 Å². The van der Waals surface area contributed by atoms with Crippen LogP contribution in [0.1, 0.15) is 132 Å². The number of hydrogen-bond donors (Lipinski definition) is 7. The van der Waals surface area contributed by atoms with E-state index >= 15 is 0 Å². The van der Waals surface area contributed by atoms with Gasteiger partial charge in [0.1, 0.15) is 41.1 Å². The van der Waals surface area contributed by atoms with Gasteiger partial charge < -0.3 is 47.3 Å². The van der Waals surface area contributed by atoms with E-state index in [1.807, 2.05) is 32.9 Å². The number of fused-ring (bicyclic) bond motifs is 3. The van der Waals surface area contributed by atoms with E-state index in [-0.39, 0.29) is 62.0 Å². The number of halogens is 1. The van der Waals surface area contributed by atoms with Crippen molar-refractivity contribution in [1.29, 1.82) is 0 Å². The number of carbonyl (C=O) groups excluding carboxylic acids is 6. The number of rotatable bonds is 8. The number of amides is 6. The van der Waals surface area contributed by atoms with Crippen LogP contribution in [0.5, 0.6) is 5.75 Å². The number of sulfonamides is 1. The summed E-state index contributed by atoms with van der Waals surface area (Å²) in [5.41, 5.74) is 14.1. The number of hydrogen-bond acceptors (Lipinski definition) is 11. The summed E-state index contributed by atoms with van der Waals surface area (Å²) in [4.78, 5) is 92.7. The number of nitrogens with two attached hydrogens (primary N) is 2. The van der Waals surface area contributed by atoms with Crippen LogP contribution in [-0.4, -0.2) is 127 Å². The zero-order valence-corrected chi connectivity index (χ0v) is 45.0. The Hall–Kier alpha value is -5.73. The fraction of sp³-hybridized carbons (Fsp3) is 0.604. The minimum Gasteiger partial charge on any atom is -0.487 e. The van der Waals surface area contributed by atoms with Crippen LogP contribution in [0.4, 0.5) is 0 Å². The molecule has 1 aliphatic carbocycles. The molecule has 4 heterocycles. The third-order valence-corrected chi connectivity index (χ3v) is 17.1. The molecule has 21 heteroatoms. The lowest BCUT2D eigenvalue weighted by molar-refractivity contribution is -0.146. The molecular weight excluding hydrogens is 988 g/mol. The average molecular weight is 1060 g/mol. The highest BCUT2D eigenvalue weighted by atomic mass is 35.5. The second kappa shape index (κ2) is 23.9. The molecule has 404 valence electrons. The summed E-state index contributed by atoms with van der Waals surface area (Å²) in [6.07, 6.45) is 10.9. The van der Waals surface area contributed by atoms with E-state index in [2.05, 4.69) is 31.0 Å². The zero-order chi connectivity index (χ0) is 53.5. The Bertz CT molecular complexity index is 2640. The summed E-state index contributed by atoms with van der Waals surface area (Å²) in [6.45, 7) is 10.1. The Morgan fingerprint density at radius 3 is 2.09 bits per heavy atom. The predicted octanol–water partition coefficient (Wildman–Crippen LogP) is 3.55. The molecule has 3 fully saturated rings. The Balaban J connectivity index is 1.10. The lowest BCUT2D eigenvalue weighted by atomic mass is 9.75. The standard InChI is InChI=1S/C53H75ClN10O9S/c1-32-33(2)44(34(3)37-31-52(4,5)73-43(32)37)74(71,72)62-51(56)58-27-12-17-39-48(68)63-28-13-18-41(63)46(66)57-26-11-9-7-6-8-10-16-38(55)45(65)59-40(30-35-20-22-36(54)23-21-35)49(69)64-29-14-19-42(64)47(67)61-53(24-15-25-53)50(70)60-39/h6-7,20-23,38-42H,8-19,24-31,55H2,1-5H3,(H,57,66)(H,59,65)(H,60,70)(H,61,67)(H3,56,58,62)/b7-6+/t38-,39-,40-,41-,42-/m0/s1. The summed E-state index contributed by atoms with van der Waals surface area (Å²) < 4.78 is 36.4. The van der Waals surface area contributed by atoms with Gasteiger partial charge in [0.05, 0.1) is 10.9 Å². The number of ether oxygens (including phenoxy) is 1. The highest BCUT2D eigenvalue weighted by molar-refractivity contribution is 7.90. The first-order valence-electron chi connectivity index (χ1n) is 26.2. The third-order valence-electron chi connectivity index (χ3n) is 15.2. The first kappa shape index (κ1) is 56.0. The van der Waals surface area contributed by atoms with Crippen molar-refractivity contribution in [1.82, 2.24) is 35.8 Å². The van der Waals surface area contributed by atoms with E-state index in [0.717, 1.165) is 16.7 Å². The molecule has 6 amide bonds. The van der Waals surface area contributed by atoms with Crippen molar-refractivity contribution in [2.45, 2.75) is 184 Å². The number of nitrogens with zero attached hydrogens (tertiary/aromatic N) is 3. The Morgan fingerprint density at radius 1 is 0.811 bits per heavy atom. The van der Waals surface area contributed by atoms with Gasteiger partial charge in [-0.2, -0.15) is 0 Å². The zero-order valence-electron chi connectivity index (χ0n) is 43.4. The molecule has 5 aliphatic rings. The fourth-order valence-electron chi connectivity index (χ4n) is 10.9. The summed E-state index contributed by atoms with van der Waals surface area (Å²) in [6, 6.07) is 2.16. The number of benzene rings is 2. The molecular formula is C53H75ClN10O9S. The van der Waals surface area contributed by atoms with Crippen LogP contribution >= 0.6 is 11.6 Å². The molecule has 2 saturated heterocycles. The van der Waals surface area contributed by atoms with Gasteiger partial charge in [-0.25, -0.2) is 13.1 Å². The minimum atomic E-state index is -4.19. The smallest absolute Gasteiger partial charge is 0.264 e. The summed E-state index contributed by atoms with van der Waals surface area (Å²) in [7, 11) is -4.19. The maximum Gasteiger partial charge on any atom is 0.264 e. The van der Waals surface area contributed by atoms with E-state index in [4.69, 9.17) is 27.8 Å². The molecule has 2 aromatic rings. The van der Waals surface area contributed by atoms with Gasteiger partial charge in [-0.15, -0.1) is 0 Å². The normalized spacial score (nSPS) is 25.9. The fourth-order valence-corrected chi connectivity index (χ4v) is 12.5. The molecule has 19 nitrogen and oxygen atoms in total. The van der Waals surface area contributed by atoms with Gasteiger partial charge in [0.25, 0.3) is 10.0 Å². The second-order valence-corrected chi connectivity index (χ2v) is 23.3. The van der Waals surface area contributed by atoms with Gasteiger partial charge in [-0.3, -0.25) is 33.8 Å². The monoisotopic (exact) mass is 1060 g/mol. The molecule has 1 spiro atoms. The van der Waals surface area contributed by atoms with E-state index < -0.39 is 80.9 Å². The van der Waals surface area contributed by atoms with Crippen LogP contribution in [0.25, 0.3) is 0 Å². The first-order valence-corrected chi connectivity index (χ1v) is 28.1. The maximum absolute atomic E-state index is 14.6. The quantitative estimate of drug-likeness (QED) is 0.0869. The van der Waals surface area contributed by atoms with Crippen molar-refractivity contribution >= 4 is 63.0 Å². The Morgan fingerprint density at radius 2 is 1.45 bits per heavy atom. The summed E-state index contributed by atoms with van der Waals surface area (Å²) >= 11 is 6.16. The minimum absolute atomic E-state index is 0.0194. The first-order chi connectivity index (χ1) is 35.1. The predicted molar refractivity (Wildman–Crippen MR) is 282 cm³/mol. The van der Waals surface area contributed by atoms with Crippen LogP contribution in [-0.2, 0) is 51.6 Å². The highest BCUT2D eigenvalue weighted by Crippen LogP contribution is 2.44. The van der Waals surface area contributed by atoms with Gasteiger partial charge in [0, 0.05) is 49.6 Å². The summed E-state index contributed by atoms with van der Waals surface area (Å²) in [5, 5.41) is 12.3. The molecule has 9 N–H and O–H groups in total. The SMILES string of the molecule is Cc1c(C)c(S(=O)(=O)NC(N)=NCCC[C@@H]2NC(=O)C3(CCC3)NC(=O)[C@@H]3CCCN3C(=O)[C@H](Cc3ccc(Cl)cc3)NC(=O)[C@@H](N)CCC/C=C/CCCNC(=O)[C@@H]3CCCN3C2=O)c(C)c2c1OC(C)(C)C2. The average Bonchev–Trinajstić information content (AvgIpc) is 4.11. The van der Waals surface area contributed by atoms with Crippen molar-refractivity contribution in [2.75, 3.05) is 26.2 Å². The van der Waals surface area contributed by atoms with Crippen molar-refractivity contribution in [2.24, 2.45) is 16.5 Å². The van der Waals surface area contributed by atoms with E-state index in [1.54, 1.807) is 38.1 Å². The van der Waals surface area contributed by atoms with Crippen molar-refractivity contribution in [3.63, 3.8) is 0 Å². The summed E-state index contributed by atoms with van der Waals surface area (Å²) in [5.74, 6) is -2.47. The maximum atomic E-state index is 14.6. The molecule has 0 aromatic heterocycles. The van der Waals surface area contributed by atoms with E-state index in [0.29, 0.717) is 106 Å². The highest BCUT2D eigenvalue weighted by Gasteiger charge is 2.50. The van der Waals surface area contributed by atoms with Crippen LogP contribution in [0.15, 0.2) is 46.3 Å². The third kappa shape index (κ3) is 13.0. The van der Waals surface area contributed by atoms with Gasteiger partial charge in [0.15, 0.2) is 0 Å². The van der Waals surface area contributed by atoms with E-state index in [9.17, 15) is 37.2 Å². The molecule has 74 heavy (non-hydrogen) atoms. The van der Waals surface area contributed by atoms with Crippen molar-refractivity contribution in [3.05, 3.63) is 69.3 Å². The van der Waals surface area contributed by atoms with Gasteiger partial charge in [-0.05, 0) is 159 Å². The van der Waals surface area contributed by atoms with Gasteiger partial charge in [0.2, 0.25) is 41.4 Å². The van der Waals surface area contributed by atoms with Crippen LogP contribution < -0.4 is 42.2 Å². The molecule has 0 unspecified atom stereocenters. The Labute approximate surface area is 440 Å². The molecule has 4 aliphatic heterocycles. The van der Waals surface area contributed by atoms with Crippen LogP contribution in [0, 0.1) is 20.8 Å². The van der Waals surface area contributed by atoms with E-state index in [1.165, 1.54) is 9.80 Å². The molecule has 0 radical (unpaired) electrons. The number of allylic oxidation sites excluding steroid dienone is 2. The number of carbonyl (C=O) groups is 6. The molecule has 5 atom stereocenters.